The number of aliphatic hydroxyl groups excluding tert-OH is 1. The zero-order valence-electron chi connectivity index (χ0n) is 19.2. The third-order valence-corrected chi connectivity index (χ3v) is 5.73. The zero-order chi connectivity index (χ0) is 24.2. The number of methoxy groups -OCH3 is 1. The highest BCUT2D eigenvalue weighted by molar-refractivity contribution is 7.84. The molecule has 4 rings (SSSR count). The Bertz CT molecular complexity index is 1200. The Morgan fingerprint density at radius 3 is 2.59 bits per heavy atom. The topological polar surface area (TPSA) is 128 Å². The standard InChI is InChI=1S/C23H26N4O6S/c1-13(12-30-3)31-16-7-15(18-5-6-19(26-18)23-27-22(28)14(2)32-23)8-17(9-16)33-20-10-25-21(11-24-20)34(4)29/h5-11,13-14,22,26,28H,12H2,1-4H3/t13-,14-,22?,34?/m0/s1. The lowest BCUT2D eigenvalue weighted by Crippen LogP contribution is -2.18. The van der Waals surface area contributed by atoms with Crippen molar-refractivity contribution in [1.82, 2.24) is 15.0 Å². The number of aromatic nitrogens is 3. The summed E-state index contributed by atoms with van der Waals surface area (Å²) in [4.78, 5) is 15.7. The molecule has 3 heterocycles. The zero-order valence-corrected chi connectivity index (χ0v) is 20.0. The maximum Gasteiger partial charge on any atom is 0.237 e. The van der Waals surface area contributed by atoms with Crippen molar-refractivity contribution in [2.75, 3.05) is 20.0 Å². The average molecular weight is 487 g/mol. The minimum absolute atomic E-state index is 0.185. The molecule has 34 heavy (non-hydrogen) atoms. The molecule has 1 aliphatic rings. The van der Waals surface area contributed by atoms with E-state index < -0.39 is 23.1 Å². The van der Waals surface area contributed by atoms with Gasteiger partial charge in [0.25, 0.3) is 0 Å². The van der Waals surface area contributed by atoms with Gasteiger partial charge in [0.05, 0.1) is 29.8 Å². The lowest BCUT2D eigenvalue weighted by atomic mass is 10.1. The largest absolute Gasteiger partial charge is 0.488 e. The van der Waals surface area contributed by atoms with Crippen LogP contribution in [0.4, 0.5) is 0 Å². The Balaban J connectivity index is 1.63. The van der Waals surface area contributed by atoms with Gasteiger partial charge < -0.3 is 29.0 Å². The van der Waals surface area contributed by atoms with Crippen LogP contribution < -0.4 is 9.47 Å². The van der Waals surface area contributed by atoms with Gasteiger partial charge in [-0.3, -0.25) is 4.21 Å². The first-order chi connectivity index (χ1) is 16.3. The van der Waals surface area contributed by atoms with E-state index in [-0.39, 0.29) is 12.0 Å². The molecule has 0 amide bonds. The maximum atomic E-state index is 11.6. The molecular formula is C23H26N4O6S. The van der Waals surface area contributed by atoms with E-state index in [0.29, 0.717) is 34.7 Å². The Morgan fingerprint density at radius 2 is 1.94 bits per heavy atom. The molecule has 180 valence electrons. The van der Waals surface area contributed by atoms with Gasteiger partial charge in [-0.15, -0.1) is 0 Å². The molecule has 11 heteroatoms. The molecule has 0 fully saturated rings. The van der Waals surface area contributed by atoms with Gasteiger partial charge >= 0.3 is 0 Å². The second-order valence-corrected chi connectivity index (χ2v) is 9.11. The SMILES string of the molecule is COC[C@H](C)Oc1cc(Oc2cnc(S(C)=O)cn2)cc(-c2ccc(C3=NC(O)[C@H](C)O3)[nH]2)c1. The maximum absolute atomic E-state index is 11.6. The first kappa shape index (κ1) is 23.9. The molecule has 2 N–H and O–H groups in total. The molecule has 10 nitrogen and oxygen atoms in total. The third kappa shape index (κ3) is 5.61. The van der Waals surface area contributed by atoms with E-state index in [0.717, 1.165) is 11.3 Å². The molecular weight excluding hydrogens is 460 g/mol. The predicted molar refractivity (Wildman–Crippen MR) is 126 cm³/mol. The summed E-state index contributed by atoms with van der Waals surface area (Å²) in [6.07, 6.45) is 2.90. The van der Waals surface area contributed by atoms with Crippen molar-refractivity contribution in [2.45, 2.75) is 37.3 Å². The minimum atomic E-state index is -1.23. The fourth-order valence-corrected chi connectivity index (χ4v) is 3.70. The van der Waals surface area contributed by atoms with Crippen LogP contribution in [-0.2, 0) is 20.3 Å². The van der Waals surface area contributed by atoms with Crippen LogP contribution in [0.5, 0.6) is 17.4 Å². The van der Waals surface area contributed by atoms with E-state index in [4.69, 9.17) is 18.9 Å². The summed E-state index contributed by atoms with van der Waals surface area (Å²) < 4.78 is 34.3. The summed E-state index contributed by atoms with van der Waals surface area (Å²) in [5.41, 5.74) is 2.21. The highest BCUT2D eigenvalue weighted by Crippen LogP contribution is 2.32. The highest BCUT2D eigenvalue weighted by atomic mass is 32.2. The van der Waals surface area contributed by atoms with Crippen LogP contribution in [0.15, 0.2) is 52.7 Å². The van der Waals surface area contributed by atoms with Crippen molar-refractivity contribution in [1.29, 1.82) is 0 Å². The first-order valence-corrected chi connectivity index (χ1v) is 12.1. The molecule has 4 atom stereocenters. The van der Waals surface area contributed by atoms with Crippen molar-refractivity contribution in [3.8, 4) is 28.6 Å². The van der Waals surface area contributed by atoms with E-state index >= 15 is 0 Å². The molecule has 0 saturated heterocycles. The second kappa shape index (κ2) is 10.3. The van der Waals surface area contributed by atoms with Crippen molar-refractivity contribution in [3.63, 3.8) is 0 Å². The number of aromatic amines is 1. The van der Waals surface area contributed by atoms with Gasteiger partial charge in [-0.25, -0.2) is 15.0 Å². The van der Waals surface area contributed by atoms with Crippen molar-refractivity contribution >= 4 is 16.7 Å². The normalized spacial score (nSPS) is 19.3. The average Bonchev–Trinajstić information content (AvgIpc) is 3.41. The predicted octanol–water partition coefficient (Wildman–Crippen LogP) is 2.90. The monoisotopic (exact) mass is 486 g/mol. The number of aliphatic hydroxyl groups is 1. The summed E-state index contributed by atoms with van der Waals surface area (Å²) in [7, 11) is 0.385. The van der Waals surface area contributed by atoms with Crippen molar-refractivity contribution in [3.05, 3.63) is 48.4 Å². The summed E-state index contributed by atoms with van der Waals surface area (Å²) in [6, 6.07) is 9.15. The summed E-state index contributed by atoms with van der Waals surface area (Å²) in [5, 5.41) is 10.2. The third-order valence-electron chi connectivity index (χ3n) is 4.93. The molecule has 0 spiro atoms. The van der Waals surface area contributed by atoms with Gasteiger partial charge in [-0.2, -0.15) is 0 Å². The molecule has 3 aromatic rings. The van der Waals surface area contributed by atoms with Crippen LogP contribution in [0.1, 0.15) is 19.5 Å². The van der Waals surface area contributed by atoms with Crippen LogP contribution in [0.25, 0.3) is 11.3 Å². The first-order valence-electron chi connectivity index (χ1n) is 10.6. The molecule has 0 bridgehead atoms. The number of H-pyrrole nitrogens is 1. The van der Waals surface area contributed by atoms with Crippen molar-refractivity contribution in [2.24, 2.45) is 4.99 Å². The summed E-state index contributed by atoms with van der Waals surface area (Å²) in [6.45, 7) is 4.08. The van der Waals surface area contributed by atoms with Crippen LogP contribution in [0.2, 0.25) is 0 Å². The molecule has 1 aliphatic heterocycles. The van der Waals surface area contributed by atoms with Crippen LogP contribution in [0.3, 0.4) is 0 Å². The molecule has 0 radical (unpaired) electrons. The number of ether oxygens (including phenoxy) is 4. The summed E-state index contributed by atoms with van der Waals surface area (Å²) in [5.74, 6) is 1.66. The van der Waals surface area contributed by atoms with Gasteiger partial charge in [-0.05, 0) is 38.1 Å². The molecule has 2 aromatic heterocycles. The van der Waals surface area contributed by atoms with Crippen molar-refractivity contribution < 1.29 is 28.3 Å². The lowest BCUT2D eigenvalue weighted by molar-refractivity contribution is 0.0768. The van der Waals surface area contributed by atoms with Crippen LogP contribution >= 0.6 is 0 Å². The number of rotatable bonds is 9. The summed E-state index contributed by atoms with van der Waals surface area (Å²) >= 11 is 0. The number of nitrogens with zero attached hydrogens (tertiary/aromatic N) is 3. The molecule has 1 aromatic carbocycles. The Morgan fingerprint density at radius 1 is 1.18 bits per heavy atom. The molecule has 2 unspecified atom stereocenters. The van der Waals surface area contributed by atoms with Crippen LogP contribution in [0, 0.1) is 0 Å². The van der Waals surface area contributed by atoms with Gasteiger partial charge in [-0.1, -0.05) is 0 Å². The number of benzene rings is 1. The number of aliphatic imine (C=N–C) groups is 1. The quantitative estimate of drug-likeness (QED) is 0.473. The Hall–Kier alpha value is -3.28. The van der Waals surface area contributed by atoms with E-state index in [1.807, 2.05) is 31.2 Å². The Labute approximate surface area is 199 Å². The van der Waals surface area contributed by atoms with E-state index in [9.17, 15) is 9.32 Å². The lowest BCUT2D eigenvalue weighted by Gasteiger charge is -2.16. The fourth-order valence-electron chi connectivity index (χ4n) is 3.30. The number of nitrogens with one attached hydrogen (secondary N) is 1. The number of hydrogen-bond acceptors (Lipinski definition) is 9. The van der Waals surface area contributed by atoms with Gasteiger partial charge in [0.1, 0.15) is 34.4 Å². The highest BCUT2D eigenvalue weighted by Gasteiger charge is 2.26. The molecule has 0 saturated carbocycles. The fraction of sp³-hybridized carbons (Fsp3) is 0.348. The van der Waals surface area contributed by atoms with E-state index in [1.54, 1.807) is 20.1 Å². The number of hydrogen-bond donors (Lipinski definition) is 2. The van der Waals surface area contributed by atoms with E-state index in [2.05, 4.69) is 19.9 Å². The van der Waals surface area contributed by atoms with Gasteiger partial charge in [0, 0.05) is 30.7 Å². The minimum Gasteiger partial charge on any atom is -0.488 e. The van der Waals surface area contributed by atoms with Gasteiger partial charge in [0.2, 0.25) is 11.8 Å². The van der Waals surface area contributed by atoms with Gasteiger partial charge in [0.15, 0.2) is 6.23 Å². The Kier molecular flexibility index (Phi) is 7.25. The molecule has 0 aliphatic carbocycles. The second-order valence-electron chi connectivity index (χ2n) is 7.78. The smallest absolute Gasteiger partial charge is 0.237 e. The van der Waals surface area contributed by atoms with Crippen LogP contribution in [-0.4, -0.2) is 68.6 Å². The van der Waals surface area contributed by atoms with E-state index in [1.165, 1.54) is 18.6 Å².